The monoisotopic (exact) mass is 301 g/mol. The molecule has 2 aromatic rings. The van der Waals surface area contributed by atoms with Crippen LogP contribution in [-0.2, 0) is 4.79 Å². The summed E-state index contributed by atoms with van der Waals surface area (Å²) in [5.41, 5.74) is 6.47. The smallest absolute Gasteiger partial charge is 0.221 e. The van der Waals surface area contributed by atoms with E-state index in [1.165, 1.54) is 6.92 Å². The van der Waals surface area contributed by atoms with Gasteiger partial charge < -0.3 is 5.32 Å². The van der Waals surface area contributed by atoms with E-state index >= 15 is 0 Å². The second-order valence-corrected chi connectivity index (χ2v) is 5.04. The van der Waals surface area contributed by atoms with Crippen molar-refractivity contribution in [3.63, 3.8) is 0 Å². The lowest BCUT2D eigenvalue weighted by molar-refractivity contribution is -0.114. The second kappa shape index (κ2) is 6.90. The number of rotatable bonds is 4. The van der Waals surface area contributed by atoms with Crippen LogP contribution in [0.25, 0.3) is 0 Å². The van der Waals surface area contributed by atoms with Crippen LogP contribution in [0.1, 0.15) is 18.1 Å². The summed E-state index contributed by atoms with van der Waals surface area (Å²) < 4.78 is 0. The Kier molecular flexibility index (Phi) is 4.95. The molecular weight excluding hydrogens is 286 g/mol. The van der Waals surface area contributed by atoms with Crippen molar-refractivity contribution in [3.05, 3.63) is 58.6 Å². The highest BCUT2D eigenvalue weighted by atomic mass is 35.5. The van der Waals surface area contributed by atoms with Gasteiger partial charge in [-0.1, -0.05) is 29.8 Å². The Labute approximate surface area is 128 Å². The number of nitrogens with one attached hydrogen (secondary N) is 2. The van der Waals surface area contributed by atoms with Gasteiger partial charge in [0.15, 0.2) is 0 Å². The molecule has 0 heterocycles. The molecule has 2 aromatic carbocycles. The molecule has 0 atom stereocenters. The third-order valence-electron chi connectivity index (χ3n) is 2.81. The average molecular weight is 302 g/mol. The topological polar surface area (TPSA) is 53.5 Å². The summed E-state index contributed by atoms with van der Waals surface area (Å²) in [4.78, 5) is 10.9. The van der Waals surface area contributed by atoms with Gasteiger partial charge in [-0.05, 0) is 42.3 Å². The summed E-state index contributed by atoms with van der Waals surface area (Å²) in [6.07, 6.45) is 1.70. The fourth-order valence-electron chi connectivity index (χ4n) is 1.70. The molecule has 108 valence electrons. The highest BCUT2D eigenvalue weighted by Gasteiger charge is 1.97. The third kappa shape index (κ3) is 4.61. The van der Waals surface area contributed by atoms with Crippen LogP contribution < -0.4 is 10.7 Å². The maximum Gasteiger partial charge on any atom is 0.221 e. The summed E-state index contributed by atoms with van der Waals surface area (Å²) >= 11 is 6.04. The Morgan fingerprint density at radius 3 is 2.43 bits per heavy atom. The number of hydrogen-bond acceptors (Lipinski definition) is 3. The van der Waals surface area contributed by atoms with Crippen molar-refractivity contribution in [1.82, 2.24) is 0 Å². The lowest BCUT2D eigenvalue weighted by atomic mass is 10.2. The van der Waals surface area contributed by atoms with Crippen LogP contribution >= 0.6 is 11.6 Å². The molecule has 0 unspecified atom stereocenters. The molecule has 0 aliphatic heterocycles. The van der Waals surface area contributed by atoms with Gasteiger partial charge in [0.25, 0.3) is 0 Å². The van der Waals surface area contributed by atoms with E-state index in [9.17, 15) is 4.79 Å². The van der Waals surface area contributed by atoms with Gasteiger partial charge in [0.1, 0.15) is 0 Å². The first-order valence-electron chi connectivity index (χ1n) is 6.47. The van der Waals surface area contributed by atoms with Crippen LogP contribution in [-0.4, -0.2) is 12.1 Å². The molecule has 0 saturated heterocycles. The number of carbonyl (C=O) groups excluding carboxylic acids is 1. The van der Waals surface area contributed by atoms with Gasteiger partial charge in [-0.2, -0.15) is 5.10 Å². The van der Waals surface area contributed by atoms with E-state index in [4.69, 9.17) is 11.6 Å². The molecule has 0 aliphatic carbocycles. The zero-order chi connectivity index (χ0) is 15.2. The van der Waals surface area contributed by atoms with Gasteiger partial charge in [0, 0.05) is 17.6 Å². The first-order valence-corrected chi connectivity index (χ1v) is 6.85. The maximum atomic E-state index is 10.9. The van der Waals surface area contributed by atoms with Gasteiger partial charge in [-0.3, -0.25) is 10.2 Å². The Morgan fingerprint density at radius 1 is 1.14 bits per heavy atom. The number of carbonyl (C=O) groups is 1. The summed E-state index contributed by atoms with van der Waals surface area (Å²) in [6, 6.07) is 13.1. The first-order chi connectivity index (χ1) is 10.0. The molecule has 4 nitrogen and oxygen atoms in total. The third-order valence-corrected chi connectivity index (χ3v) is 3.22. The standard InChI is InChI=1S/C16H16ClN3O/c1-11-3-6-15(9-16(11)17)20-18-10-13-4-7-14(8-5-13)19-12(2)21/h3-10,20H,1-2H3,(H,19,21)/b18-10-. The molecule has 0 radical (unpaired) electrons. The number of nitrogens with zero attached hydrogens (tertiary/aromatic N) is 1. The highest BCUT2D eigenvalue weighted by molar-refractivity contribution is 6.31. The molecule has 0 spiro atoms. The molecule has 0 fully saturated rings. The van der Waals surface area contributed by atoms with Gasteiger partial charge in [-0.25, -0.2) is 0 Å². The van der Waals surface area contributed by atoms with Gasteiger partial charge in [0.2, 0.25) is 5.91 Å². The van der Waals surface area contributed by atoms with Gasteiger partial charge in [0.05, 0.1) is 11.9 Å². The van der Waals surface area contributed by atoms with Crippen LogP contribution in [0.4, 0.5) is 11.4 Å². The van der Waals surface area contributed by atoms with Crippen LogP contribution in [0.3, 0.4) is 0 Å². The van der Waals surface area contributed by atoms with Crippen molar-refractivity contribution < 1.29 is 4.79 Å². The van der Waals surface area contributed by atoms with Crippen molar-refractivity contribution in [2.75, 3.05) is 10.7 Å². The Bertz CT molecular complexity index is 666. The fourth-order valence-corrected chi connectivity index (χ4v) is 1.88. The predicted octanol–water partition coefficient (Wildman–Crippen LogP) is 4.05. The lowest BCUT2D eigenvalue weighted by Gasteiger charge is -2.03. The minimum Gasteiger partial charge on any atom is -0.326 e. The van der Waals surface area contributed by atoms with Crippen molar-refractivity contribution in [1.29, 1.82) is 0 Å². The Balaban J connectivity index is 1.97. The van der Waals surface area contributed by atoms with E-state index in [1.807, 2.05) is 49.4 Å². The number of amides is 1. The molecule has 2 rings (SSSR count). The second-order valence-electron chi connectivity index (χ2n) is 4.64. The SMILES string of the molecule is CC(=O)Nc1ccc(/C=N\Nc2ccc(C)c(Cl)c2)cc1. The number of halogens is 1. The number of hydrogen-bond donors (Lipinski definition) is 2. The predicted molar refractivity (Wildman–Crippen MR) is 88.2 cm³/mol. The molecule has 1 amide bonds. The number of aryl methyl sites for hydroxylation is 1. The molecule has 0 bridgehead atoms. The van der Waals surface area contributed by atoms with Crippen LogP contribution in [0.15, 0.2) is 47.6 Å². The largest absolute Gasteiger partial charge is 0.326 e. The maximum absolute atomic E-state index is 10.9. The first kappa shape index (κ1) is 15.1. The van der Waals surface area contributed by atoms with Crippen molar-refractivity contribution in [2.24, 2.45) is 5.10 Å². The van der Waals surface area contributed by atoms with E-state index in [-0.39, 0.29) is 5.91 Å². The molecule has 2 N–H and O–H groups in total. The van der Waals surface area contributed by atoms with Crippen molar-refractivity contribution in [3.8, 4) is 0 Å². The van der Waals surface area contributed by atoms with E-state index in [1.54, 1.807) is 6.21 Å². The summed E-state index contributed by atoms with van der Waals surface area (Å²) in [5, 5.41) is 7.57. The van der Waals surface area contributed by atoms with E-state index in [0.29, 0.717) is 5.02 Å². The summed E-state index contributed by atoms with van der Waals surface area (Å²) in [5.74, 6) is -0.0886. The fraction of sp³-hybridized carbons (Fsp3) is 0.125. The quantitative estimate of drug-likeness (QED) is 0.661. The van der Waals surface area contributed by atoms with E-state index < -0.39 is 0 Å². The minimum absolute atomic E-state index is 0.0886. The van der Waals surface area contributed by atoms with Crippen LogP contribution in [0, 0.1) is 6.92 Å². The van der Waals surface area contributed by atoms with Gasteiger partial charge in [-0.15, -0.1) is 0 Å². The van der Waals surface area contributed by atoms with Crippen LogP contribution in [0.5, 0.6) is 0 Å². The zero-order valence-electron chi connectivity index (χ0n) is 11.9. The molecular formula is C16H16ClN3O. The molecule has 0 aromatic heterocycles. The lowest BCUT2D eigenvalue weighted by Crippen LogP contribution is -2.05. The number of anilines is 2. The molecule has 0 aliphatic rings. The normalized spacial score (nSPS) is 10.6. The summed E-state index contributed by atoms with van der Waals surface area (Å²) in [7, 11) is 0. The van der Waals surface area contributed by atoms with Crippen molar-refractivity contribution >= 4 is 35.1 Å². The zero-order valence-corrected chi connectivity index (χ0v) is 12.6. The van der Waals surface area contributed by atoms with E-state index in [2.05, 4.69) is 15.8 Å². The van der Waals surface area contributed by atoms with Crippen molar-refractivity contribution in [2.45, 2.75) is 13.8 Å². The summed E-state index contributed by atoms with van der Waals surface area (Å²) in [6.45, 7) is 3.43. The van der Waals surface area contributed by atoms with Crippen LogP contribution in [0.2, 0.25) is 5.02 Å². The molecule has 0 saturated carbocycles. The Morgan fingerprint density at radius 2 is 1.81 bits per heavy atom. The highest BCUT2D eigenvalue weighted by Crippen LogP contribution is 2.19. The number of hydrazone groups is 1. The number of benzene rings is 2. The minimum atomic E-state index is -0.0886. The van der Waals surface area contributed by atoms with Gasteiger partial charge >= 0.3 is 0 Å². The Hall–Kier alpha value is -2.33. The molecule has 21 heavy (non-hydrogen) atoms. The molecule has 5 heteroatoms. The van der Waals surface area contributed by atoms with E-state index in [0.717, 1.165) is 22.5 Å². The average Bonchev–Trinajstić information content (AvgIpc) is 2.44.